The molecular formula is C17H27F2N3OS. The van der Waals surface area contributed by atoms with E-state index in [0.717, 1.165) is 38.2 Å². The van der Waals surface area contributed by atoms with E-state index in [1.165, 1.54) is 12.1 Å². The van der Waals surface area contributed by atoms with E-state index in [4.69, 9.17) is 12.2 Å². The number of benzene rings is 1. The summed E-state index contributed by atoms with van der Waals surface area (Å²) in [5.74, 6) is 0.124. The number of rotatable bonds is 10. The van der Waals surface area contributed by atoms with Crippen LogP contribution in [0.25, 0.3) is 0 Å². The van der Waals surface area contributed by atoms with E-state index < -0.39 is 6.61 Å². The van der Waals surface area contributed by atoms with Gasteiger partial charge in [-0.1, -0.05) is 13.8 Å². The Morgan fingerprint density at radius 2 is 1.83 bits per heavy atom. The van der Waals surface area contributed by atoms with Crippen LogP contribution >= 0.6 is 12.2 Å². The first kappa shape index (κ1) is 20.6. The molecule has 7 heteroatoms. The monoisotopic (exact) mass is 359 g/mol. The average Bonchev–Trinajstić information content (AvgIpc) is 2.53. The molecule has 0 amide bonds. The topological polar surface area (TPSA) is 36.5 Å². The number of alkyl halides is 2. The number of anilines is 1. The molecule has 0 unspecified atom stereocenters. The predicted octanol–water partition coefficient (Wildman–Crippen LogP) is 4.08. The van der Waals surface area contributed by atoms with E-state index in [2.05, 4.69) is 41.0 Å². The van der Waals surface area contributed by atoms with Gasteiger partial charge in [0.1, 0.15) is 5.75 Å². The molecule has 0 aliphatic carbocycles. The number of nitrogens with one attached hydrogen (secondary N) is 2. The third-order valence-electron chi connectivity index (χ3n) is 3.72. The normalized spacial score (nSPS) is 12.3. The summed E-state index contributed by atoms with van der Waals surface area (Å²) in [7, 11) is 0. The maximum atomic E-state index is 12.1. The van der Waals surface area contributed by atoms with Gasteiger partial charge in [0, 0.05) is 11.7 Å². The average molecular weight is 359 g/mol. The lowest BCUT2D eigenvalue weighted by Crippen LogP contribution is -2.36. The van der Waals surface area contributed by atoms with Gasteiger partial charge in [-0.25, -0.2) is 0 Å². The molecule has 0 spiro atoms. The largest absolute Gasteiger partial charge is 0.435 e. The van der Waals surface area contributed by atoms with Gasteiger partial charge >= 0.3 is 6.61 Å². The summed E-state index contributed by atoms with van der Waals surface area (Å²) >= 11 is 5.28. The Kier molecular flexibility index (Phi) is 9.56. The van der Waals surface area contributed by atoms with Crippen LogP contribution in [0.4, 0.5) is 14.5 Å². The predicted molar refractivity (Wildman–Crippen MR) is 98.9 cm³/mol. The number of thiocarbonyl (C=S) groups is 1. The van der Waals surface area contributed by atoms with Gasteiger partial charge in [-0.2, -0.15) is 8.78 Å². The smallest absolute Gasteiger partial charge is 0.387 e. The molecule has 1 aromatic rings. The van der Waals surface area contributed by atoms with Crippen LogP contribution in [0.5, 0.6) is 5.75 Å². The molecule has 0 aliphatic rings. The zero-order chi connectivity index (χ0) is 17.9. The Bertz CT molecular complexity index is 481. The second-order valence-electron chi connectivity index (χ2n) is 5.57. The molecule has 2 N–H and O–H groups in total. The fraction of sp³-hybridized carbons (Fsp3) is 0.588. The molecule has 24 heavy (non-hydrogen) atoms. The number of hydrogen-bond donors (Lipinski definition) is 2. The standard InChI is InChI=1S/C17H27F2N3OS/c1-4-22(5-2)12-6-7-13(3)20-17(24)21-14-8-10-15(11-9-14)23-16(18)19/h8-11,13,16H,4-7,12H2,1-3H3,(H2,20,21,24)/t13-/m1/s1. The molecule has 136 valence electrons. The van der Waals surface area contributed by atoms with Crippen LogP contribution < -0.4 is 15.4 Å². The maximum Gasteiger partial charge on any atom is 0.387 e. The highest BCUT2D eigenvalue weighted by Gasteiger charge is 2.07. The van der Waals surface area contributed by atoms with Crippen molar-refractivity contribution in [2.24, 2.45) is 0 Å². The fourth-order valence-electron chi connectivity index (χ4n) is 2.34. The molecule has 1 rings (SSSR count). The molecule has 1 aromatic carbocycles. The summed E-state index contributed by atoms with van der Waals surface area (Å²) in [6.45, 7) is 6.85. The summed E-state index contributed by atoms with van der Waals surface area (Å²) in [6.07, 6.45) is 2.14. The van der Waals surface area contributed by atoms with Crippen LogP contribution in [-0.2, 0) is 0 Å². The fourth-order valence-corrected chi connectivity index (χ4v) is 2.66. The molecule has 0 saturated carbocycles. The van der Waals surface area contributed by atoms with Gasteiger partial charge in [0.15, 0.2) is 5.11 Å². The minimum absolute atomic E-state index is 0.124. The van der Waals surface area contributed by atoms with Gasteiger partial charge in [0.25, 0.3) is 0 Å². The van der Waals surface area contributed by atoms with Crippen LogP contribution in [0.2, 0.25) is 0 Å². The SMILES string of the molecule is CCN(CC)CCC[C@@H](C)NC(=S)Nc1ccc(OC(F)F)cc1. The third kappa shape index (κ3) is 8.40. The van der Waals surface area contributed by atoms with Crippen LogP contribution in [0, 0.1) is 0 Å². The maximum absolute atomic E-state index is 12.1. The molecule has 1 atom stereocenters. The van der Waals surface area contributed by atoms with E-state index >= 15 is 0 Å². The van der Waals surface area contributed by atoms with Crippen LogP contribution in [0.15, 0.2) is 24.3 Å². The highest BCUT2D eigenvalue weighted by Crippen LogP contribution is 2.17. The van der Waals surface area contributed by atoms with E-state index in [-0.39, 0.29) is 11.8 Å². The second-order valence-corrected chi connectivity index (χ2v) is 5.98. The summed E-state index contributed by atoms with van der Waals surface area (Å²) in [5.41, 5.74) is 0.726. The first-order valence-corrected chi connectivity index (χ1v) is 8.70. The van der Waals surface area contributed by atoms with Crippen molar-refractivity contribution in [3.05, 3.63) is 24.3 Å². The van der Waals surface area contributed by atoms with Crippen molar-refractivity contribution in [1.82, 2.24) is 10.2 Å². The van der Waals surface area contributed by atoms with Gasteiger partial charge in [-0.3, -0.25) is 0 Å². The third-order valence-corrected chi connectivity index (χ3v) is 3.94. The van der Waals surface area contributed by atoms with Gasteiger partial charge in [-0.15, -0.1) is 0 Å². The molecular weight excluding hydrogens is 332 g/mol. The first-order valence-electron chi connectivity index (χ1n) is 8.29. The molecule has 4 nitrogen and oxygen atoms in total. The van der Waals surface area contributed by atoms with Crippen LogP contribution in [-0.4, -0.2) is 42.3 Å². The number of halogens is 2. The molecule has 0 heterocycles. The summed E-state index contributed by atoms with van der Waals surface area (Å²) in [5, 5.41) is 6.80. The van der Waals surface area contributed by atoms with E-state index in [1.54, 1.807) is 12.1 Å². The van der Waals surface area contributed by atoms with Crippen molar-refractivity contribution in [3.63, 3.8) is 0 Å². The lowest BCUT2D eigenvalue weighted by Gasteiger charge is -2.20. The van der Waals surface area contributed by atoms with Crippen LogP contribution in [0.3, 0.4) is 0 Å². The highest BCUT2D eigenvalue weighted by atomic mass is 32.1. The van der Waals surface area contributed by atoms with Crippen LogP contribution in [0.1, 0.15) is 33.6 Å². The molecule has 0 aliphatic heterocycles. The zero-order valence-corrected chi connectivity index (χ0v) is 15.3. The Labute approximate surface area is 148 Å². The van der Waals surface area contributed by atoms with Crippen molar-refractivity contribution in [1.29, 1.82) is 0 Å². The van der Waals surface area contributed by atoms with Crippen molar-refractivity contribution >= 4 is 23.0 Å². The molecule has 0 saturated heterocycles. The Hall–Kier alpha value is -1.47. The highest BCUT2D eigenvalue weighted by molar-refractivity contribution is 7.80. The van der Waals surface area contributed by atoms with Gasteiger partial charge in [0.2, 0.25) is 0 Å². The Morgan fingerprint density at radius 1 is 1.21 bits per heavy atom. The van der Waals surface area contributed by atoms with Crippen molar-refractivity contribution in [2.75, 3.05) is 25.0 Å². The van der Waals surface area contributed by atoms with E-state index in [9.17, 15) is 8.78 Å². The summed E-state index contributed by atoms with van der Waals surface area (Å²) < 4.78 is 28.5. The quantitative estimate of drug-likeness (QED) is 0.616. The lowest BCUT2D eigenvalue weighted by atomic mass is 10.2. The Morgan fingerprint density at radius 3 is 2.38 bits per heavy atom. The first-order chi connectivity index (χ1) is 11.4. The van der Waals surface area contributed by atoms with Crippen molar-refractivity contribution in [3.8, 4) is 5.75 Å². The lowest BCUT2D eigenvalue weighted by molar-refractivity contribution is -0.0498. The van der Waals surface area contributed by atoms with Gasteiger partial charge < -0.3 is 20.3 Å². The molecule has 0 bridgehead atoms. The van der Waals surface area contributed by atoms with E-state index in [0.29, 0.717) is 5.11 Å². The molecule has 0 fully saturated rings. The Balaban J connectivity index is 2.32. The molecule has 0 radical (unpaired) electrons. The van der Waals surface area contributed by atoms with Gasteiger partial charge in [-0.05, 0) is 75.9 Å². The number of hydrogen-bond acceptors (Lipinski definition) is 3. The zero-order valence-electron chi connectivity index (χ0n) is 14.5. The van der Waals surface area contributed by atoms with Crippen molar-refractivity contribution in [2.45, 2.75) is 46.3 Å². The van der Waals surface area contributed by atoms with Gasteiger partial charge in [0.05, 0.1) is 0 Å². The molecule has 0 aromatic heterocycles. The van der Waals surface area contributed by atoms with E-state index in [1.807, 2.05) is 0 Å². The minimum Gasteiger partial charge on any atom is -0.435 e. The summed E-state index contributed by atoms with van der Waals surface area (Å²) in [6, 6.07) is 6.52. The number of nitrogens with zero attached hydrogens (tertiary/aromatic N) is 1. The second kappa shape index (κ2) is 11.1. The summed E-state index contributed by atoms with van der Waals surface area (Å²) in [4.78, 5) is 2.40. The van der Waals surface area contributed by atoms with Crippen molar-refractivity contribution < 1.29 is 13.5 Å². The number of ether oxygens (including phenoxy) is 1. The minimum atomic E-state index is -2.82.